The van der Waals surface area contributed by atoms with Crippen LogP contribution in [0.1, 0.15) is 30.9 Å². The van der Waals surface area contributed by atoms with Crippen molar-refractivity contribution in [1.29, 1.82) is 0 Å². The summed E-state index contributed by atoms with van der Waals surface area (Å²) in [5.74, 6) is 0.0256. The van der Waals surface area contributed by atoms with Gasteiger partial charge in [0.05, 0.1) is 6.42 Å². The van der Waals surface area contributed by atoms with Gasteiger partial charge >= 0.3 is 5.97 Å². The number of rotatable bonds is 4. The highest BCUT2D eigenvalue weighted by atomic mass is 35.5. The predicted octanol–water partition coefficient (Wildman–Crippen LogP) is 2.97. The van der Waals surface area contributed by atoms with Crippen LogP contribution in [0.2, 0.25) is 0 Å². The number of hydrogen-bond donors (Lipinski definition) is 1. The van der Waals surface area contributed by atoms with Crippen molar-refractivity contribution in [3.8, 4) is 0 Å². The molecule has 1 heterocycles. The molecule has 1 aliphatic heterocycles. The minimum atomic E-state index is -0.771. The summed E-state index contributed by atoms with van der Waals surface area (Å²) in [6.07, 6.45) is 2.74. The van der Waals surface area contributed by atoms with E-state index in [0.29, 0.717) is 0 Å². The summed E-state index contributed by atoms with van der Waals surface area (Å²) in [5.41, 5.74) is 2.15. The molecule has 0 saturated carbocycles. The fourth-order valence-electron chi connectivity index (χ4n) is 2.63. The van der Waals surface area contributed by atoms with Crippen LogP contribution >= 0.6 is 12.4 Å². The van der Waals surface area contributed by atoms with Crippen molar-refractivity contribution in [1.82, 2.24) is 4.90 Å². The first-order chi connectivity index (χ1) is 8.63. The van der Waals surface area contributed by atoms with E-state index in [-0.39, 0.29) is 18.8 Å². The highest BCUT2D eigenvalue weighted by molar-refractivity contribution is 5.85. The highest BCUT2D eigenvalue weighted by Crippen LogP contribution is 2.18. The number of nitrogens with zero attached hydrogens (tertiary/aromatic N) is 1. The van der Waals surface area contributed by atoms with Crippen molar-refractivity contribution in [3.05, 3.63) is 35.4 Å². The molecule has 1 aliphatic rings. The fraction of sp³-hybridized carbons (Fsp3) is 0.533. The summed E-state index contributed by atoms with van der Waals surface area (Å²) in [6, 6.07) is 7.96. The molecular weight excluding hydrogens is 262 g/mol. The largest absolute Gasteiger partial charge is 0.481 e. The van der Waals surface area contributed by atoms with Crippen molar-refractivity contribution in [2.75, 3.05) is 13.1 Å². The fourth-order valence-corrected chi connectivity index (χ4v) is 2.63. The molecule has 1 N–H and O–H groups in total. The van der Waals surface area contributed by atoms with Crippen LogP contribution in [0.15, 0.2) is 24.3 Å². The second kappa shape index (κ2) is 7.51. The van der Waals surface area contributed by atoms with Crippen molar-refractivity contribution < 1.29 is 9.90 Å². The third kappa shape index (κ3) is 5.21. The molecule has 0 amide bonds. The van der Waals surface area contributed by atoms with E-state index in [4.69, 9.17) is 5.11 Å². The second-order valence-electron chi connectivity index (χ2n) is 5.37. The van der Waals surface area contributed by atoms with E-state index in [1.165, 1.54) is 31.5 Å². The average molecular weight is 284 g/mol. The highest BCUT2D eigenvalue weighted by Gasteiger charge is 2.16. The van der Waals surface area contributed by atoms with Crippen LogP contribution in [0.3, 0.4) is 0 Å². The van der Waals surface area contributed by atoms with Crippen LogP contribution in [0.25, 0.3) is 0 Å². The number of hydrogen-bond acceptors (Lipinski definition) is 2. The molecule has 0 radical (unpaired) electrons. The third-order valence-electron chi connectivity index (χ3n) is 3.53. The van der Waals surface area contributed by atoms with E-state index in [9.17, 15) is 4.79 Å². The summed E-state index contributed by atoms with van der Waals surface area (Å²) >= 11 is 0. The molecule has 1 aromatic rings. The number of likely N-dealkylation sites (tertiary alicyclic amines) is 1. The Bertz CT molecular complexity index is 405. The van der Waals surface area contributed by atoms with Gasteiger partial charge in [-0.2, -0.15) is 0 Å². The lowest BCUT2D eigenvalue weighted by atomic mass is 9.99. The van der Waals surface area contributed by atoms with Gasteiger partial charge in [0.1, 0.15) is 0 Å². The van der Waals surface area contributed by atoms with E-state index < -0.39 is 5.97 Å². The number of benzene rings is 1. The number of carbonyl (C=O) groups is 1. The Hall–Kier alpha value is -1.06. The first kappa shape index (κ1) is 16.0. The van der Waals surface area contributed by atoms with Gasteiger partial charge in [0.25, 0.3) is 0 Å². The first-order valence-electron chi connectivity index (χ1n) is 6.65. The molecular formula is C15H22ClNO2. The molecule has 106 valence electrons. The standard InChI is InChI=1S/C15H21NO2.ClH/c1-12-3-2-8-16(10-12)11-14-6-4-13(5-7-14)9-15(17)18;/h4-7,12H,2-3,8-11H2,1H3,(H,17,18);1H. The second-order valence-corrected chi connectivity index (χ2v) is 5.37. The van der Waals surface area contributed by atoms with Gasteiger partial charge in [-0.05, 0) is 36.4 Å². The van der Waals surface area contributed by atoms with E-state index in [2.05, 4.69) is 24.0 Å². The van der Waals surface area contributed by atoms with Crippen LogP contribution in [0, 0.1) is 5.92 Å². The maximum atomic E-state index is 10.6. The van der Waals surface area contributed by atoms with Crippen LogP contribution in [-0.2, 0) is 17.8 Å². The zero-order valence-electron chi connectivity index (χ0n) is 11.3. The zero-order chi connectivity index (χ0) is 13.0. The van der Waals surface area contributed by atoms with Crippen molar-refractivity contribution in [2.45, 2.75) is 32.7 Å². The topological polar surface area (TPSA) is 40.5 Å². The summed E-state index contributed by atoms with van der Waals surface area (Å²) in [6.45, 7) is 5.65. The Morgan fingerprint density at radius 3 is 2.53 bits per heavy atom. The predicted molar refractivity (Wildman–Crippen MR) is 78.7 cm³/mol. The molecule has 2 rings (SSSR count). The van der Waals surface area contributed by atoms with Gasteiger partial charge < -0.3 is 5.11 Å². The van der Waals surface area contributed by atoms with E-state index in [0.717, 1.165) is 18.0 Å². The molecule has 1 saturated heterocycles. The van der Waals surface area contributed by atoms with Crippen molar-refractivity contribution in [2.24, 2.45) is 5.92 Å². The lowest BCUT2D eigenvalue weighted by Crippen LogP contribution is -2.33. The molecule has 4 heteroatoms. The van der Waals surface area contributed by atoms with Crippen LogP contribution in [0.4, 0.5) is 0 Å². The zero-order valence-corrected chi connectivity index (χ0v) is 12.2. The molecule has 1 unspecified atom stereocenters. The number of carboxylic acid groups (broad SMARTS) is 1. The minimum absolute atomic E-state index is 0. The summed E-state index contributed by atoms with van der Waals surface area (Å²) < 4.78 is 0. The molecule has 0 aliphatic carbocycles. The maximum Gasteiger partial charge on any atom is 0.307 e. The monoisotopic (exact) mass is 283 g/mol. The lowest BCUT2D eigenvalue weighted by molar-refractivity contribution is -0.136. The number of carboxylic acids is 1. The van der Waals surface area contributed by atoms with Crippen LogP contribution in [0.5, 0.6) is 0 Å². The maximum absolute atomic E-state index is 10.6. The third-order valence-corrected chi connectivity index (χ3v) is 3.53. The van der Waals surface area contributed by atoms with Gasteiger partial charge in [0.2, 0.25) is 0 Å². The Balaban J connectivity index is 0.00000180. The normalized spacial score (nSPS) is 19.7. The smallest absolute Gasteiger partial charge is 0.307 e. The Kier molecular flexibility index (Phi) is 6.32. The molecule has 1 fully saturated rings. The number of piperidine rings is 1. The molecule has 0 bridgehead atoms. The number of aliphatic carboxylic acids is 1. The molecule has 0 aromatic heterocycles. The van der Waals surface area contributed by atoms with Gasteiger partial charge in [-0.3, -0.25) is 9.69 Å². The Morgan fingerprint density at radius 1 is 1.32 bits per heavy atom. The average Bonchev–Trinajstić information content (AvgIpc) is 2.31. The van der Waals surface area contributed by atoms with Crippen molar-refractivity contribution >= 4 is 18.4 Å². The molecule has 19 heavy (non-hydrogen) atoms. The molecule has 1 aromatic carbocycles. The van der Waals surface area contributed by atoms with Gasteiger partial charge in [0, 0.05) is 13.1 Å². The Morgan fingerprint density at radius 2 is 1.95 bits per heavy atom. The summed E-state index contributed by atoms with van der Waals surface area (Å²) in [7, 11) is 0. The van der Waals surface area contributed by atoms with Gasteiger partial charge in [-0.1, -0.05) is 31.2 Å². The van der Waals surface area contributed by atoms with E-state index in [1.54, 1.807) is 0 Å². The van der Waals surface area contributed by atoms with Crippen LogP contribution in [-0.4, -0.2) is 29.1 Å². The summed E-state index contributed by atoms with van der Waals surface area (Å²) in [5, 5.41) is 8.72. The van der Waals surface area contributed by atoms with Gasteiger partial charge in [-0.25, -0.2) is 0 Å². The molecule has 3 nitrogen and oxygen atoms in total. The number of halogens is 1. The van der Waals surface area contributed by atoms with Crippen LogP contribution < -0.4 is 0 Å². The quantitative estimate of drug-likeness (QED) is 0.923. The Labute approximate surface area is 121 Å². The SMILES string of the molecule is CC1CCCN(Cc2ccc(CC(=O)O)cc2)C1.Cl. The minimum Gasteiger partial charge on any atom is -0.481 e. The van der Waals surface area contributed by atoms with E-state index >= 15 is 0 Å². The molecule has 1 atom stereocenters. The van der Waals surface area contributed by atoms with Gasteiger partial charge in [-0.15, -0.1) is 12.4 Å². The summed E-state index contributed by atoms with van der Waals surface area (Å²) in [4.78, 5) is 13.1. The molecule has 0 spiro atoms. The van der Waals surface area contributed by atoms with Gasteiger partial charge in [0.15, 0.2) is 0 Å². The van der Waals surface area contributed by atoms with E-state index in [1.807, 2.05) is 12.1 Å². The van der Waals surface area contributed by atoms with Crippen molar-refractivity contribution in [3.63, 3.8) is 0 Å². The lowest BCUT2D eigenvalue weighted by Gasteiger charge is -2.30. The first-order valence-corrected chi connectivity index (χ1v) is 6.65.